The van der Waals surface area contributed by atoms with Crippen LogP contribution >= 0.6 is 0 Å². The fraction of sp³-hybridized carbons (Fsp3) is 0.182. The van der Waals surface area contributed by atoms with Gasteiger partial charge in [0.15, 0.2) is 0 Å². The van der Waals surface area contributed by atoms with Gasteiger partial charge in [0.05, 0.1) is 4.90 Å². The third-order valence-corrected chi connectivity index (χ3v) is 3.48. The summed E-state index contributed by atoms with van der Waals surface area (Å²) in [7, 11) is -3.26. The molecule has 0 aromatic heterocycles. The van der Waals surface area contributed by atoms with Crippen LogP contribution in [0.2, 0.25) is 0 Å². The summed E-state index contributed by atoms with van der Waals surface area (Å²) in [4.78, 5) is 0.334. The first-order valence-corrected chi connectivity index (χ1v) is 5.88. The molecule has 0 bridgehead atoms. The summed E-state index contributed by atoms with van der Waals surface area (Å²) in [6.07, 6.45) is 1.76. The minimum atomic E-state index is -3.26. The van der Waals surface area contributed by atoms with Crippen molar-refractivity contribution in [2.24, 2.45) is 0 Å². The second-order valence-electron chi connectivity index (χ2n) is 3.01. The SMILES string of the molecule is C/C=C(\C)[CH-]S(=O)(=O)c1ccccc1.[Li+]. The summed E-state index contributed by atoms with van der Waals surface area (Å²) < 4.78 is 23.4. The van der Waals surface area contributed by atoms with Crippen molar-refractivity contribution in [1.29, 1.82) is 0 Å². The molecule has 1 aromatic rings. The van der Waals surface area contributed by atoms with E-state index in [4.69, 9.17) is 0 Å². The van der Waals surface area contributed by atoms with Crippen molar-refractivity contribution in [3.05, 3.63) is 47.7 Å². The van der Waals surface area contributed by atoms with Crippen LogP contribution < -0.4 is 18.9 Å². The Balaban J connectivity index is 0.00000196. The Morgan fingerprint density at radius 2 is 1.80 bits per heavy atom. The minimum Gasteiger partial charge on any atom is -0.238 e. The average Bonchev–Trinajstić information content (AvgIpc) is 2.18. The molecule has 0 aliphatic heterocycles. The van der Waals surface area contributed by atoms with Crippen LogP contribution in [0.1, 0.15) is 13.8 Å². The molecule has 0 atom stereocenters. The maximum absolute atomic E-state index is 11.7. The van der Waals surface area contributed by atoms with Crippen molar-refractivity contribution in [3.63, 3.8) is 0 Å². The van der Waals surface area contributed by atoms with E-state index in [0.29, 0.717) is 4.90 Å². The average molecular weight is 216 g/mol. The quantitative estimate of drug-likeness (QED) is 0.508. The molecule has 2 nitrogen and oxygen atoms in total. The van der Waals surface area contributed by atoms with E-state index in [-0.39, 0.29) is 18.9 Å². The summed E-state index contributed by atoms with van der Waals surface area (Å²) in [5.41, 5.74) is 0.744. The number of allylic oxidation sites excluding steroid dienone is 1. The molecule has 0 aliphatic rings. The number of rotatable bonds is 3. The topological polar surface area (TPSA) is 34.1 Å². The monoisotopic (exact) mass is 216 g/mol. The first-order valence-electron chi connectivity index (χ1n) is 4.34. The first-order chi connectivity index (χ1) is 6.56. The van der Waals surface area contributed by atoms with Crippen LogP contribution in [0.25, 0.3) is 0 Å². The minimum absolute atomic E-state index is 0. The number of sulfone groups is 1. The molecular formula is C11H13LiO2S. The van der Waals surface area contributed by atoms with Crippen LogP contribution in [-0.4, -0.2) is 8.42 Å². The predicted molar refractivity (Wildman–Crippen MR) is 57.4 cm³/mol. The summed E-state index contributed by atoms with van der Waals surface area (Å²) in [5, 5.41) is 0. The Morgan fingerprint density at radius 3 is 2.27 bits per heavy atom. The van der Waals surface area contributed by atoms with E-state index in [1.165, 1.54) is 5.75 Å². The smallest absolute Gasteiger partial charge is 0.238 e. The molecule has 0 heterocycles. The van der Waals surface area contributed by atoms with E-state index < -0.39 is 9.84 Å². The Hall–Kier alpha value is -0.623. The summed E-state index contributed by atoms with van der Waals surface area (Å²) in [6, 6.07) is 8.41. The Kier molecular flexibility index (Phi) is 5.82. The second kappa shape index (κ2) is 6.07. The molecule has 0 fully saturated rings. The van der Waals surface area contributed by atoms with Crippen LogP contribution in [-0.2, 0) is 9.84 Å². The van der Waals surface area contributed by atoms with Gasteiger partial charge in [0.25, 0.3) is 0 Å². The standard InChI is InChI=1S/C11H13O2S.Li/c1-3-10(2)9-14(12,13)11-7-5-4-6-8-11;/h3-9H,1-2H3;/q-1;+1/b10-3+;. The van der Waals surface area contributed by atoms with E-state index >= 15 is 0 Å². The molecule has 4 heteroatoms. The Bertz CT molecular complexity index is 421. The summed E-state index contributed by atoms with van der Waals surface area (Å²) in [6.45, 7) is 3.58. The number of hydrogen-bond donors (Lipinski definition) is 0. The van der Waals surface area contributed by atoms with Crippen molar-refractivity contribution in [1.82, 2.24) is 0 Å². The van der Waals surface area contributed by atoms with Crippen LogP contribution in [0.15, 0.2) is 46.9 Å². The van der Waals surface area contributed by atoms with Gasteiger partial charge in [-0.1, -0.05) is 25.1 Å². The van der Waals surface area contributed by atoms with E-state index in [1.807, 2.05) is 6.92 Å². The van der Waals surface area contributed by atoms with Crippen LogP contribution in [0.3, 0.4) is 0 Å². The maximum Gasteiger partial charge on any atom is 1.00 e. The molecule has 0 aliphatic carbocycles. The molecule has 1 aromatic carbocycles. The fourth-order valence-corrected chi connectivity index (χ4v) is 2.29. The molecule has 0 radical (unpaired) electrons. The molecular weight excluding hydrogens is 203 g/mol. The van der Waals surface area contributed by atoms with Crippen LogP contribution in [0.4, 0.5) is 0 Å². The van der Waals surface area contributed by atoms with Gasteiger partial charge < -0.3 is 0 Å². The molecule has 0 amide bonds. The van der Waals surface area contributed by atoms with Gasteiger partial charge in [0.2, 0.25) is 0 Å². The maximum atomic E-state index is 11.7. The Labute approximate surface area is 103 Å². The molecule has 0 unspecified atom stereocenters. The van der Waals surface area contributed by atoms with Gasteiger partial charge in [-0.25, -0.2) is 20.1 Å². The Morgan fingerprint density at radius 1 is 1.27 bits per heavy atom. The molecule has 0 spiro atoms. The van der Waals surface area contributed by atoms with Gasteiger partial charge in [-0.15, -0.1) is 12.7 Å². The van der Waals surface area contributed by atoms with Crippen LogP contribution in [0, 0.1) is 5.75 Å². The van der Waals surface area contributed by atoms with Gasteiger partial charge in [0.1, 0.15) is 9.84 Å². The largest absolute Gasteiger partial charge is 1.00 e. The van der Waals surface area contributed by atoms with E-state index in [1.54, 1.807) is 43.3 Å². The zero-order valence-electron chi connectivity index (χ0n) is 9.27. The van der Waals surface area contributed by atoms with Gasteiger partial charge in [-0.05, 0) is 12.1 Å². The van der Waals surface area contributed by atoms with Crippen molar-refractivity contribution >= 4 is 9.84 Å². The second-order valence-corrected chi connectivity index (χ2v) is 4.81. The zero-order valence-corrected chi connectivity index (χ0v) is 10.1. The fourth-order valence-electron chi connectivity index (χ4n) is 0.991. The van der Waals surface area contributed by atoms with Crippen molar-refractivity contribution in [2.45, 2.75) is 18.7 Å². The first kappa shape index (κ1) is 14.4. The van der Waals surface area contributed by atoms with E-state index in [0.717, 1.165) is 5.57 Å². The number of benzene rings is 1. The summed E-state index contributed by atoms with van der Waals surface area (Å²) in [5.74, 6) is 1.28. The normalized spacial score (nSPS) is 11.7. The number of hydrogen-bond acceptors (Lipinski definition) is 2. The third kappa shape index (κ3) is 4.17. The van der Waals surface area contributed by atoms with Crippen LogP contribution in [0.5, 0.6) is 0 Å². The molecule has 76 valence electrons. The van der Waals surface area contributed by atoms with Crippen molar-refractivity contribution in [2.75, 3.05) is 0 Å². The van der Waals surface area contributed by atoms with Gasteiger partial charge in [0, 0.05) is 0 Å². The molecule has 0 saturated carbocycles. The predicted octanol–water partition coefficient (Wildman–Crippen LogP) is -0.408. The van der Waals surface area contributed by atoms with Crippen molar-refractivity contribution in [3.8, 4) is 0 Å². The zero-order chi connectivity index (χ0) is 10.6. The van der Waals surface area contributed by atoms with Gasteiger partial charge >= 0.3 is 18.9 Å². The molecule has 0 saturated heterocycles. The third-order valence-electron chi connectivity index (χ3n) is 1.87. The molecule has 0 N–H and O–H groups in total. The van der Waals surface area contributed by atoms with E-state index in [2.05, 4.69) is 0 Å². The van der Waals surface area contributed by atoms with E-state index in [9.17, 15) is 8.42 Å². The molecule has 1 rings (SSSR count). The summed E-state index contributed by atoms with van der Waals surface area (Å²) >= 11 is 0. The van der Waals surface area contributed by atoms with Gasteiger partial charge in [-0.3, -0.25) is 0 Å². The van der Waals surface area contributed by atoms with Gasteiger partial charge in [-0.2, -0.15) is 0 Å². The van der Waals surface area contributed by atoms with Crippen molar-refractivity contribution < 1.29 is 27.3 Å². The molecule has 15 heavy (non-hydrogen) atoms.